The molecule has 2 aromatic carbocycles. The van der Waals surface area contributed by atoms with Gasteiger partial charge in [-0.3, -0.25) is 4.79 Å². The Kier molecular flexibility index (Phi) is 9.41. The molecule has 2 aliphatic rings. The Hall–Kier alpha value is -3.51. The first-order valence-electron chi connectivity index (χ1n) is 14.2. The molecule has 0 spiro atoms. The fourth-order valence-electron chi connectivity index (χ4n) is 6.84. The van der Waals surface area contributed by atoms with Crippen LogP contribution in [-0.4, -0.2) is 46.2 Å². The highest BCUT2D eigenvalue weighted by molar-refractivity contribution is 5.91. The molecule has 2 bridgehead atoms. The Morgan fingerprint density at radius 2 is 1.80 bits per heavy atom. The lowest BCUT2D eigenvalue weighted by Crippen LogP contribution is -2.48. The maximum Gasteiger partial charge on any atom is 0.373 e. The van der Waals surface area contributed by atoms with Gasteiger partial charge in [0.05, 0.1) is 11.2 Å². The van der Waals surface area contributed by atoms with Gasteiger partial charge in [0.2, 0.25) is 0 Å². The van der Waals surface area contributed by atoms with Crippen molar-refractivity contribution in [1.82, 2.24) is 9.47 Å². The number of aromatic nitrogens is 1. The normalized spacial score (nSPS) is 24.3. The van der Waals surface area contributed by atoms with Crippen LogP contribution in [0.25, 0.3) is 10.9 Å². The van der Waals surface area contributed by atoms with E-state index in [1.54, 1.807) is 6.08 Å². The minimum absolute atomic E-state index is 0.0420. The largest absolute Gasteiger partial charge is 0.377 e. The molecule has 40 heavy (non-hydrogen) atoms. The van der Waals surface area contributed by atoms with Crippen LogP contribution in [0.5, 0.6) is 0 Å². The summed E-state index contributed by atoms with van der Waals surface area (Å²) in [6, 6.07) is 18.4. The Labute approximate surface area is 236 Å². The molecule has 0 saturated carbocycles. The summed E-state index contributed by atoms with van der Waals surface area (Å²) in [4.78, 5) is 31.2. The predicted octanol–water partition coefficient (Wildman–Crippen LogP) is 5.56. The average Bonchev–Trinajstić information content (AvgIpc) is 3.28. The number of rotatable bonds is 7. The highest BCUT2D eigenvalue weighted by Gasteiger charge is 2.52. The predicted molar refractivity (Wildman–Crippen MR) is 153 cm³/mol. The Morgan fingerprint density at radius 1 is 1.10 bits per heavy atom. The Bertz CT molecular complexity index is 1370. The first-order chi connectivity index (χ1) is 19.3. The molecule has 0 amide bonds. The number of carbonyl (C=O) groups is 1. The topological polar surface area (TPSA) is 88.8 Å². The van der Waals surface area contributed by atoms with E-state index in [2.05, 4.69) is 47.6 Å². The third-order valence-electron chi connectivity index (χ3n) is 8.49. The monoisotopic (exact) mass is 544 g/mol. The second kappa shape index (κ2) is 12.8. The Morgan fingerprint density at radius 3 is 2.50 bits per heavy atom. The second-order valence-electron chi connectivity index (χ2n) is 11.1. The number of aliphatic hydroxyl groups is 1. The SMILES string of the molecule is CCOC1c2c3c4ccccc4n2C(C)(O)CC1(CC)CCCN(/C=C/C(=O)Cc1ccccc1)CC3.O=C=O. The van der Waals surface area contributed by atoms with Crippen molar-refractivity contribution in [2.24, 2.45) is 5.41 Å². The van der Waals surface area contributed by atoms with E-state index in [0.29, 0.717) is 19.4 Å². The highest BCUT2D eigenvalue weighted by Crippen LogP contribution is 2.57. The van der Waals surface area contributed by atoms with E-state index < -0.39 is 5.72 Å². The van der Waals surface area contributed by atoms with E-state index >= 15 is 0 Å². The van der Waals surface area contributed by atoms with Gasteiger partial charge in [-0.05, 0) is 62.8 Å². The van der Waals surface area contributed by atoms with Crippen LogP contribution in [0.4, 0.5) is 0 Å². The number of allylic oxidation sites excluding steroid dienone is 1. The number of para-hydroxylation sites is 1. The summed E-state index contributed by atoms with van der Waals surface area (Å²) in [5.41, 5.74) is 3.41. The molecule has 5 rings (SSSR count). The van der Waals surface area contributed by atoms with E-state index in [0.717, 1.165) is 55.5 Å². The molecule has 3 heterocycles. The van der Waals surface area contributed by atoms with E-state index in [1.807, 2.05) is 43.5 Å². The summed E-state index contributed by atoms with van der Waals surface area (Å²) in [5.74, 6) is 0.122. The highest BCUT2D eigenvalue weighted by atomic mass is 16.5. The van der Waals surface area contributed by atoms with Gasteiger partial charge in [0, 0.05) is 49.5 Å². The zero-order chi connectivity index (χ0) is 28.8. The van der Waals surface area contributed by atoms with Gasteiger partial charge in [0.1, 0.15) is 11.8 Å². The van der Waals surface area contributed by atoms with Gasteiger partial charge in [-0.2, -0.15) is 9.59 Å². The Balaban J connectivity index is 0.00000118. The summed E-state index contributed by atoms with van der Waals surface area (Å²) in [6.07, 6.45) is 8.77. The molecule has 212 valence electrons. The lowest BCUT2D eigenvalue weighted by atomic mass is 9.66. The fraction of sp³-hybridized carbons (Fsp3) is 0.455. The maximum atomic E-state index is 12.7. The molecular weight excluding hydrogens is 504 g/mol. The van der Waals surface area contributed by atoms with Crippen molar-refractivity contribution in [3.8, 4) is 0 Å². The van der Waals surface area contributed by atoms with Crippen LogP contribution in [0.15, 0.2) is 66.9 Å². The van der Waals surface area contributed by atoms with E-state index in [9.17, 15) is 9.90 Å². The van der Waals surface area contributed by atoms with E-state index in [4.69, 9.17) is 14.3 Å². The maximum absolute atomic E-state index is 12.7. The van der Waals surface area contributed by atoms with Crippen molar-refractivity contribution >= 4 is 22.8 Å². The van der Waals surface area contributed by atoms with Gasteiger partial charge in [-0.25, -0.2) is 0 Å². The van der Waals surface area contributed by atoms with Gasteiger partial charge >= 0.3 is 6.15 Å². The number of ketones is 1. The summed E-state index contributed by atoms with van der Waals surface area (Å²) in [7, 11) is 0. The van der Waals surface area contributed by atoms with Gasteiger partial charge in [0.15, 0.2) is 5.78 Å². The second-order valence-corrected chi connectivity index (χ2v) is 11.1. The fourth-order valence-corrected chi connectivity index (χ4v) is 6.84. The standard InChI is InChI=1S/C32H40N2O3.CO2/c1-4-32-18-11-19-33(20-16-25(35)22-24-12-7-6-8-13-24)21-17-27-26-14-9-10-15-28(26)34(31(3,36)23-32)29(27)30(32)37-5-2;2-1-3/h6-10,12-16,20,30,36H,4-5,11,17-19,21-23H2,1-3H3;/b20-16+;. The van der Waals surface area contributed by atoms with Crippen LogP contribution in [0.3, 0.4) is 0 Å². The molecule has 0 fully saturated rings. The number of ether oxygens (including phenoxy) is 1. The average molecular weight is 545 g/mol. The zero-order valence-electron chi connectivity index (χ0n) is 23.8. The summed E-state index contributed by atoms with van der Waals surface area (Å²) >= 11 is 0. The minimum atomic E-state index is -0.973. The molecular formula is C33H40N2O5. The van der Waals surface area contributed by atoms with Crippen LogP contribution in [0.1, 0.15) is 69.4 Å². The van der Waals surface area contributed by atoms with Gasteiger partial charge in [-0.15, -0.1) is 0 Å². The first-order valence-corrected chi connectivity index (χ1v) is 14.2. The molecule has 0 saturated heterocycles. The molecule has 0 aliphatic carbocycles. The van der Waals surface area contributed by atoms with Crippen LogP contribution in [0, 0.1) is 5.41 Å². The van der Waals surface area contributed by atoms with Gasteiger partial charge < -0.3 is 19.3 Å². The van der Waals surface area contributed by atoms with Crippen molar-refractivity contribution in [3.05, 3.63) is 83.7 Å². The molecule has 1 aromatic heterocycles. The number of fused-ring (bicyclic) bond motifs is 4. The van der Waals surface area contributed by atoms with Crippen molar-refractivity contribution in [3.63, 3.8) is 0 Å². The molecule has 3 atom stereocenters. The third-order valence-corrected chi connectivity index (χ3v) is 8.49. The zero-order valence-corrected chi connectivity index (χ0v) is 23.8. The van der Waals surface area contributed by atoms with Gasteiger partial charge in [0.25, 0.3) is 0 Å². The molecule has 2 aliphatic heterocycles. The molecule has 7 heteroatoms. The number of benzene rings is 2. The number of hydrogen-bond donors (Lipinski definition) is 1. The molecule has 1 N–H and O–H groups in total. The van der Waals surface area contributed by atoms with Gasteiger partial charge in [-0.1, -0.05) is 55.5 Å². The van der Waals surface area contributed by atoms with Crippen molar-refractivity contribution < 1.29 is 24.2 Å². The minimum Gasteiger partial charge on any atom is -0.377 e. The number of hydrogen-bond acceptors (Lipinski definition) is 6. The van der Waals surface area contributed by atoms with E-state index in [1.165, 1.54) is 10.9 Å². The first kappa shape index (κ1) is 29.5. The van der Waals surface area contributed by atoms with Crippen LogP contribution < -0.4 is 0 Å². The smallest absolute Gasteiger partial charge is 0.373 e. The van der Waals surface area contributed by atoms with Crippen LogP contribution >= 0.6 is 0 Å². The van der Waals surface area contributed by atoms with Crippen LogP contribution in [-0.2, 0) is 37.7 Å². The quantitative estimate of drug-likeness (QED) is 0.392. The lowest BCUT2D eigenvalue weighted by Gasteiger charge is -2.51. The number of carbonyl (C=O) groups excluding carboxylic acids is 3. The van der Waals surface area contributed by atoms with E-state index in [-0.39, 0.29) is 23.5 Å². The number of nitrogens with zero attached hydrogens (tertiary/aromatic N) is 2. The molecule has 0 radical (unpaired) electrons. The summed E-state index contributed by atoms with van der Waals surface area (Å²) in [5, 5.41) is 13.1. The van der Waals surface area contributed by atoms with Crippen molar-refractivity contribution in [2.45, 2.75) is 71.1 Å². The third kappa shape index (κ3) is 5.97. The van der Waals surface area contributed by atoms with Crippen molar-refractivity contribution in [1.29, 1.82) is 0 Å². The van der Waals surface area contributed by atoms with Crippen molar-refractivity contribution in [2.75, 3.05) is 19.7 Å². The summed E-state index contributed by atoms with van der Waals surface area (Å²) in [6.45, 7) is 8.63. The van der Waals surface area contributed by atoms with Crippen LogP contribution in [0.2, 0.25) is 0 Å². The molecule has 3 aromatic rings. The lowest BCUT2D eigenvalue weighted by molar-refractivity contribution is -0.191. The summed E-state index contributed by atoms with van der Waals surface area (Å²) < 4.78 is 8.72. The molecule has 3 unspecified atom stereocenters. The molecule has 7 nitrogen and oxygen atoms in total.